The van der Waals surface area contributed by atoms with Crippen LogP contribution in [0.1, 0.15) is 19.3 Å². The van der Waals surface area contributed by atoms with Gasteiger partial charge in [0.05, 0.1) is 0 Å². The SMILES string of the molecule is SNCC1CCC1. The molecular weight excluding hydrogens is 106 g/mol. The molecule has 0 spiro atoms. The fraction of sp³-hybridized carbons (Fsp3) is 1.00. The second-order valence-electron chi connectivity index (χ2n) is 2.16. The third-order valence-corrected chi connectivity index (χ3v) is 1.79. The van der Waals surface area contributed by atoms with Gasteiger partial charge in [-0.1, -0.05) is 19.2 Å². The van der Waals surface area contributed by atoms with E-state index in [0.29, 0.717) is 0 Å². The van der Waals surface area contributed by atoms with Crippen molar-refractivity contribution in [3.8, 4) is 0 Å². The fourth-order valence-corrected chi connectivity index (χ4v) is 1.08. The summed E-state index contributed by atoms with van der Waals surface area (Å²) in [5.74, 6) is 0.942. The summed E-state index contributed by atoms with van der Waals surface area (Å²) in [5.41, 5.74) is 0. The maximum absolute atomic E-state index is 3.90. The Labute approximate surface area is 50.0 Å². The molecule has 1 saturated carbocycles. The topological polar surface area (TPSA) is 12.0 Å². The Morgan fingerprint density at radius 3 is 2.43 bits per heavy atom. The number of rotatable bonds is 2. The highest BCUT2D eigenvalue weighted by Gasteiger charge is 2.15. The van der Waals surface area contributed by atoms with Crippen LogP contribution in [-0.4, -0.2) is 6.54 Å². The molecule has 0 heterocycles. The van der Waals surface area contributed by atoms with E-state index in [-0.39, 0.29) is 0 Å². The molecule has 0 aromatic rings. The number of hydrogen-bond acceptors (Lipinski definition) is 2. The van der Waals surface area contributed by atoms with Crippen molar-refractivity contribution in [1.29, 1.82) is 0 Å². The standard InChI is InChI=1S/C5H11NS/c7-6-4-5-2-1-3-5/h5-7H,1-4H2. The lowest BCUT2D eigenvalue weighted by Crippen LogP contribution is -2.21. The van der Waals surface area contributed by atoms with Gasteiger partial charge in [0.1, 0.15) is 0 Å². The summed E-state index contributed by atoms with van der Waals surface area (Å²) in [5, 5.41) is 0. The van der Waals surface area contributed by atoms with Crippen molar-refractivity contribution in [1.82, 2.24) is 4.72 Å². The van der Waals surface area contributed by atoms with Crippen molar-refractivity contribution >= 4 is 12.8 Å². The van der Waals surface area contributed by atoms with Crippen LogP contribution in [0.2, 0.25) is 0 Å². The summed E-state index contributed by atoms with van der Waals surface area (Å²) < 4.78 is 2.86. The molecule has 1 aliphatic rings. The van der Waals surface area contributed by atoms with Gasteiger partial charge >= 0.3 is 0 Å². The monoisotopic (exact) mass is 117 g/mol. The zero-order valence-electron chi connectivity index (χ0n) is 4.35. The van der Waals surface area contributed by atoms with Crippen LogP contribution in [-0.2, 0) is 0 Å². The Bertz CT molecular complexity index is 52.0. The molecule has 0 atom stereocenters. The van der Waals surface area contributed by atoms with E-state index < -0.39 is 0 Å². The van der Waals surface area contributed by atoms with E-state index in [2.05, 4.69) is 17.5 Å². The van der Waals surface area contributed by atoms with Gasteiger partial charge in [-0.25, -0.2) is 0 Å². The Kier molecular flexibility index (Phi) is 2.00. The van der Waals surface area contributed by atoms with Crippen LogP contribution in [0.15, 0.2) is 0 Å². The van der Waals surface area contributed by atoms with Gasteiger partial charge < -0.3 is 0 Å². The molecule has 7 heavy (non-hydrogen) atoms. The van der Waals surface area contributed by atoms with Crippen LogP contribution in [0, 0.1) is 5.92 Å². The van der Waals surface area contributed by atoms with Crippen LogP contribution in [0.3, 0.4) is 0 Å². The highest BCUT2D eigenvalue weighted by atomic mass is 32.1. The first-order chi connectivity index (χ1) is 3.43. The summed E-state index contributed by atoms with van der Waals surface area (Å²) in [6.45, 7) is 1.10. The van der Waals surface area contributed by atoms with E-state index in [9.17, 15) is 0 Å². The van der Waals surface area contributed by atoms with E-state index in [0.717, 1.165) is 12.5 Å². The molecule has 0 aromatic heterocycles. The molecule has 0 aromatic carbocycles. The summed E-state index contributed by atoms with van der Waals surface area (Å²) >= 11 is 3.90. The third kappa shape index (κ3) is 1.35. The molecule has 1 fully saturated rings. The van der Waals surface area contributed by atoms with Gasteiger partial charge in [0.15, 0.2) is 0 Å². The molecule has 1 nitrogen and oxygen atoms in total. The molecule has 0 aliphatic heterocycles. The zero-order valence-corrected chi connectivity index (χ0v) is 5.25. The van der Waals surface area contributed by atoms with Crippen molar-refractivity contribution in [3.05, 3.63) is 0 Å². The third-order valence-electron chi connectivity index (χ3n) is 1.60. The molecule has 1 aliphatic carbocycles. The predicted molar refractivity (Wildman–Crippen MR) is 34.3 cm³/mol. The molecule has 0 bridgehead atoms. The largest absolute Gasteiger partial charge is 0.267 e. The lowest BCUT2D eigenvalue weighted by atomic mass is 9.86. The summed E-state index contributed by atoms with van der Waals surface area (Å²) in [6, 6.07) is 0. The highest BCUT2D eigenvalue weighted by molar-refractivity contribution is 7.78. The lowest BCUT2D eigenvalue weighted by Gasteiger charge is -2.23. The first-order valence-corrected chi connectivity index (χ1v) is 3.25. The van der Waals surface area contributed by atoms with E-state index in [1.54, 1.807) is 0 Å². The average Bonchev–Trinajstić information content (AvgIpc) is 1.55. The Hall–Kier alpha value is 0.310. The normalized spacial score (nSPS) is 21.9. The maximum atomic E-state index is 3.90. The lowest BCUT2D eigenvalue weighted by molar-refractivity contribution is 0.319. The van der Waals surface area contributed by atoms with E-state index >= 15 is 0 Å². The van der Waals surface area contributed by atoms with Crippen molar-refractivity contribution in [2.75, 3.05) is 6.54 Å². The van der Waals surface area contributed by atoms with Crippen molar-refractivity contribution in [2.24, 2.45) is 5.92 Å². The quantitative estimate of drug-likeness (QED) is 0.518. The Balaban J connectivity index is 1.93. The number of hydrogen-bond donors (Lipinski definition) is 2. The second-order valence-corrected chi connectivity index (χ2v) is 2.48. The molecule has 2 heteroatoms. The summed E-state index contributed by atoms with van der Waals surface area (Å²) in [7, 11) is 0. The first-order valence-electron chi connectivity index (χ1n) is 2.80. The van der Waals surface area contributed by atoms with Gasteiger partial charge in [0, 0.05) is 6.54 Å². The second kappa shape index (κ2) is 2.58. The fourth-order valence-electron chi connectivity index (χ4n) is 0.826. The van der Waals surface area contributed by atoms with E-state index in [1.165, 1.54) is 19.3 Å². The van der Waals surface area contributed by atoms with Crippen LogP contribution in [0.4, 0.5) is 0 Å². The predicted octanol–water partition coefficient (Wildman–Crippen LogP) is 1.22. The highest BCUT2D eigenvalue weighted by Crippen LogP contribution is 2.24. The van der Waals surface area contributed by atoms with Crippen molar-refractivity contribution in [3.63, 3.8) is 0 Å². The minimum Gasteiger partial charge on any atom is -0.267 e. The van der Waals surface area contributed by atoms with Gasteiger partial charge in [-0.2, -0.15) is 0 Å². The zero-order chi connectivity index (χ0) is 5.11. The molecule has 0 saturated heterocycles. The minimum absolute atomic E-state index is 0.942. The maximum Gasteiger partial charge on any atom is 0.00845 e. The van der Waals surface area contributed by atoms with Gasteiger partial charge in [-0.15, -0.1) is 0 Å². The van der Waals surface area contributed by atoms with Gasteiger partial charge in [0.25, 0.3) is 0 Å². The molecule has 1 rings (SSSR count). The van der Waals surface area contributed by atoms with Crippen LogP contribution in [0.5, 0.6) is 0 Å². The molecular formula is C5H11NS. The van der Waals surface area contributed by atoms with Gasteiger partial charge in [-0.3, -0.25) is 4.72 Å². The molecule has 0 radical (unpaired) electrons. The number of nitrogens with one attached hydrogen (secondary N) is 1. The number of thiol groups is 1. The van der Waals surface area contributed by atoms with Crippen molar-refractivity contribution < 1.29 is 0 Å². The summed E-state index contributed by atoms with van der Waals surface area (Å²) in [6.07, 6.45) is 4.25. The smallest absolute Gasteiger partial charge is 0.00845 e. The van der Waals surface area contributed by atoms with E-state index in [1.807, 2.05) is 0 Å². The van der Waals surface area contributed by atoms with Crippen LogP contribution < -0.4 is 4.72 Å². The van der Waals surface area contributed by atoms with Gasteiger partial charge in [0.2, 0.25) is 0 Å². The molecule has 1 N–H and O–H groups in total. The molecule has 42 valence electrons. The van der Waals surface area contributed by atoms with Crippen LogP contribution in [0.25, 0.3) is 0 Å². The first kappa shape index (κ1) is 5.45. The molecule has 0 amide bonds. The average molecular weight is 117 g/mol. The van der Waals surface area contributed by atoms with Gasteiger partial charge in [-0.05, 0) is 18.8 Å². The minimum atomic E-state index is 0.942. The Morgan fingerprint density at radius 2 is 2.29 bits per heavy atom. The Morgan fingerprint density at radius 1 is 1.57 bits per heavy atom. The summed E-state index contributed by atoms with van der Waals surface area (Å²) in [4.78, 5) is 0. The molecule has 0 unspecified atom stereocenters. The van der Waals surface area contributed by atoms with Crippen LogP contribution >= 0.6 is 12.8 Å². The van der Waals surface area contributed by atoms with E-state index in [4.69, 9.17) is 0 Å². The van der Waals surface area contributed by atoms with Crippen molar-refractivity contribution in [2.45, 2.75) is 19.3 Å².